The molecule has 2 heteroatoms. The maximum absolute atomic E-state index is 12.3. The lowest BCUT2D eigenvalue weighted by Gasteiger charge is -2.50. The van der Waals surface area contributed by atoms with Crippen LogP contribution in [-0.2, 0) is 4.79 Å². The first-order chi connectivity index (χ1) is 11.5. The number of Topliss-reactive ketones (excluding diaryl/α,β-unsaturated/α-hetero) is 1. The molecule has 2 aromatic carbocycles. The summed E-state index contributed by atoms with van der Waals surface area (Å²) in [5.74, 6) is 0.458. The van der Waals surface area contributed by atoms with Crippen LogP contribution < -0.4 is 10.4 Å². The first kappa shape index (κ1) is 17.2. The van der Waals surface area contributed by atoms with Gasteiger partial charge < -0.3 is 0 Å². The molecule has 0 radical (unpaired) electrons. The van der Waals surface area contributed by atoms with Crippen molar-refractivity contribution in [3.8, 4) is 0 Å². The van der Waals surface area contributed by atoms with E-state index >= 15 is 0 Å². The lowest BCUT2D eigenvalue weighted by Crippen LogP contribution is -2.67. The second kappa shape index (κ2) is 6.68. The average molecular weight is 337 g/mol. The fourth-order valence-electron chi connectivity index (χ4n) is 4.91. The zero-order valence-electron chi connectivity index (χ0n) is 15.1. The second-order valence-corrected chi connectivity index (χ2v) is 13.2. The summed E-state index contributed by atoms with van der Waals surface area (Å²) < 4.78 is 0. The Morgan fingerprint density at radius 3 is 1.79 bits per heavy atom. The summed E-state index contributed by atoms with van der Waals surface area (Å²) in [5, 5.41) is 3.10. The average Bonchev–Trinajstić information content (AvgIpc) is 2.56. The van der Waals surface area contributed by atoms with E-state index in [1.807, 2.05) is 0 Å². The minimum atomic E-state index is -2.11. The van der Waals surface area contributed by atoms with Crippen molar-refractivity contribution < 1.29 is 4.79 Å². The Balaban J connectivity index is 2.27. The summed E-state index contributed by atoms with van der Waals surface area (Å²) in [4.78, 5) is 12.3. The summed E-state index contributed by atoms with van der Waals surface area (Å²) >= 11 is 0. The number of carbonyl (C=O) groups excluding carboxylic acids is 1. The quantitative estimate of drug-likeness (QED) is 0.751. The van der Waals surface area contributed by atoms with Crippen molar-refractivity contribution in [2.45, 2.75) is 57.0 Å². The van der Waals surface area contributed by atoms with E-state index in [1.54, 1.807) is 0 Å². The number of hydrogen-bond donors (Lipinski definition) is 0. The van der Waals surface area contributed by atoms with E-state index in [1.165, 1.54) is 16.8 Å². The molecular weight excluding hydrogens is 308 g/mol. The fraction of sp³-hybridized carbons (Fsp3) is 0.409. The molecule has 1 nitrogen and oxygen atoms in total. The van der Waals surface area contributed by atoms with Crippen LogP contribution in [0.15, 0.2) is 60.7 Å². The Bertz CT molecular complexity index is 645. The van der Waals surface area contributed by atoms with Crippen molar-refractivity contribution in [1.82, 2.24) is 0 Å². The zero-order chi connectivity index (χ0) is 17.2. The van der Waals surface area contributed by atoms with Crippen molar-refractivity contribution >= 4 is 24.2 Å². The molecule has 1 aliphatic carbocycles. The van der Waals surface area contributed by atoms with Crippen LogP contribution in [0, 0.1) is 0 Å². The zero-order valence-corrected chi connectivity index (χ0v) is 16.1. The molecule has 0 N–H and O–H groups in total. The van der Waals surface area contributed by atoms with Crippen LogP contribution in [0.1, 0.15) is 46.5 Å². The van der Waals surface area contributed by atoms with Crippen LogP contribution >= 0.6 is 0 Å². The highest BCUT2D eigenvalue weighted by Gasteiger charge is 2.53. The van der Waals surface area contributed by atoms with Crippen LogP contribution in [0.4, 0.5) is 0 Å². The van der Waals surface area contributed by atoms with Crippen molar-refractivity contribution in [2.75, 3.05) is 0 Å². The van der Waals surface area contributed by atoms with E-state index in [0.717, 1.165) is 19.3 Å². The van der Waals surface area contributed by atoms with Gasteiger partial charge in [0.2, 0.25) is 0 Å². The van der Waals surface area contributed by atoms with Gasteiger partial charge in [-0.05, 0) is 17.0 Å². The van der Waals surface area contributed by atoms with Crippen LogP contribution in [0.2, 0.25) is 10.6 Å². The first-order valence-electron chi connectivity index (χ1n) is 9.09. The Labute approximate surface area is 147 Å². The maximum atomic E-state index is 12.3. The van der Waals surface area contributed by atoms with E-state index < -0.39 is 8.07 Å². The molecule has 1 atom stereocenters. The predicted octanol–water partition coefficient (Wildman–Crippen LogP) is 4.56. The molecule has 0 amide bonds. The molecule has 0 heterocycles. The van der Waals surface area contributed by atoms with Gasteiger partial charge in [0.05, 0.1) is 0 Å². The Morgan fingerprint density at radius 1 is 0.875 bits per heavy atom. The normalized spacial score (nSPS) is 19.3. The van der Waals surface area contributed by atoms with E-state index in [-0.39, 0.29) is 5.04 Å². The topological polar surface area (TPSA) is 17.1 Å². The van der Waals surface area contributed by atoms with Gasteiger partial charge in [0.1, 0.15) is 13.9 Å². The van der Waals surface area contributed by atoms with Crippen molar-refractivity contribution in [1.29, 1.82) is 0 Å². The minimum Gasteiger partial charge on any atom is -0.300 e. The van der Waals surface area contributed by atoms with Gasteiger partial charge in [-0.25, -0.2) is 0 Å². The lowest BCUT2D eigenvalue weighted by atomic mass is 9.99. The van der Waals surface area contributed by atoms with Gasteiger partial charge in [0, 0.05) is 12.8 Å². The van der Waals surface area contributed by atoms with Gasteiger partial charge >= 0.3 is 0 Å². The lowest BCUT2D eigenvalue weighted by molar-refractivity contribution is -0.120. The van der Waals surface area contributed by atoms with Crippen LogP contribution in [0.25, 0.3) is 0 Å². The SMILES string of the molecule is CC(C)(C)[Si](c1ccccc1)(c1ccccc1)C1CCCC(=O)C1. The third-order valence-corrected chi connectivity index (χ3v) is 12.3. The van der Waals surface area contributed by atoms with E-state index in [2.05, 4.69) is 81.4 Å². The van der Waals surface area contributed by atoms with Crippen LogP contribution in [-0.4, -0.2) is 13.9 Å². The third-order valence-electron chi connectivity index (χ3n) is 5.74. The largest absolute Gasteiger partial charge is 0.300 e. The van der Waals surface area contributed by atoms with Gasteiger partial charge in [-0.2, -0.15) is 0 Å². The molecule has 3 rings (SSSR count). The maximum Gasteiger partial charge on any atom is 0.132 e. The summed E-state index contributed by atoms with van der Waals surface area (Å²) in [5.41, 5.74) is 0.489. The highest BCUT2D eigenvalue weighted by Crippen LogP contribution is 2.48. The van der Waals surface area contributed by atoms with Gasteiger partial charge in [0.15, 0.2) is 0 Å². The highest BCUT2D eigenvalue weighted by atomic mass is 28.3. The molecule has 1 saturated carbocycles. The number of carbonyl (C=O) groups is 1. The van der Waals surface area contributed by atoms with E-state index in [9.17, 15) is 4.79 Å². The molecule has 24 heavy (non-hydrogen) atoms. The number of benzene rings is 2. The number of ketones is 1. The van der Waals surface area contributed by atoms with Gasteiger partial charge in [-0.3, -0.25) is 4.79 Å². The molecule has 126 valence electrons. The molecule has 0 aromatic heterocycles. The summed E-state index contributed by atoms with van der Waals surface area (Å²) in [6.07, 6.45) is 3.76. The number of rotatable bonds is 3. The summed E-state index contributed by atoms with van der Waals surface area (Å²) in [6, 6.07) is 22.1. The predicted molar refractivity (Wildman–Crippen MR) is 105 cm³/mol. The molecule has 2 aromatic rings. The molecular formula is C22H28OSi. The smallest absolute Gasteiger partial charge is 0.132 e. The minimum absolute atomic E-state index is 0.151. The molecule has 0 aliphatic heterocycles. The van der Waals surface area contributed by atoms with Crippen molar-refractivity contribution in [3.05, 3.63) is 60.7 Å². The molecule has 1 unspecified atom stereocenters. The fourth-order valence-corrected chi connectivity index (χ4v) is 11.8. The van der Waals surface area contributed by atoms with E-state index in [0.29, 0.717) is 11.3 Å². The third kappa shape index (κ3) is 2.88. The Morgan fingerprint density at radius 2 is 1.38 bits per heavy atom. The monoisotopic (exact) mass is 336 g/mol. The molecule has 0 saturated heterocycles. The first-order valence-corrected chi connectivity index (χ1v) is 11.2. The van der Waals surface area contributed by atoms with Gasteiger partial charge in [-0.15, -0.1) is 0 Å². The molecule has 1 aliphatic rings. The second-order valence-electron chi connectivity index (χ2n) is 8.12. The Hall–Kier alpha value is -1.67. The van der Waals surface area contributed by atoms with Crippen LogP contribution in [0.5, 0.6) is 0 Å². The summed E-state index contributed by atoms with van der Waals surface area (Å²) in [7, 11) is -2.11. The van der Waals surface area contributed by atoms with Crippen LogP contribution in [0.3, 0.4) is 0 Å². The molecule has 0 spiro atoms. The Kier molecular flexibility index (Phi) is 4.77. The summed E-state index contributed by atoms with van der Waals surface area (Å²) in [6.45, 7) is 7.16. The molecule has 1 fully saturated rings. The highest BCUT2D eigenvalue weighted by molar-refractivity contribution is 7.05. The van der Waals surface area contributed by atoms with Gasteiger partial charge in [0.25, 0.3) is 0 Å². The standard InChI is InChI=1S/C22H28OSi/c1-22(2,3)24(19-12-6-4-7-13-19,20-14-8-5-9-15-20)21-16-10-11-18(23)17-21/h4-9,12-15,21H,10-11,16-17H2,1-3H3. The van der Waals surface area contributed by atoms with Crippen molar-refractivity contribution in [2.24, 2.45) is 0 Å². The van der Waals surface area contributed by atoms with E-state index in [4.69, 9.17) is 0 Å². The van der Waals surface area contributed by atoms with Gasteiger partial charge in [-0.1, -0.05) is 98.2 Å². The number of hydrogen-bond acceptors (Lipinski definition) is 1. The molecule has 0 bridgehead atoms. The van der Waals surface area contributed by atoms with Crippen molar-refractivity contribution in [3.63, 3.8) is 0 Å².